The van der Waals surface area contributed by atoms with Crippen LogP contribution in [-0.2, 0) is 0 Å². The van der Waals surface area contributed by atoms with Crippen molar-refractivity contribution in [1.29, 1.82) is 5.41 Å². The third-order valence-electron chi connectivity index (χ3n) is 0. The van der Waals surface area contributed by atoms with Crippen LogP contribution in [0.15, 0.2) is 12.2 Å². The van der Waals surface area contributed by atoms with Crippen LogP contribution in [0.4, 0.5) is 0 Å². The van der Waals surface area contributed by atoms with E-state index in [1.807, 2.05) is 27.7 Å². The molecule has 0 saturated carbocycles. The van der Waals surface area contributed by atoms with Crippen LogP contribution in [0.25, 0.3) is 0 Å². The molecule has 0 aliphatic carbocycles. The Balaban J connectivity index is -0.0000000787. The third kappa shape index (κ3) is 875. The van der Waals surface area contributed by atoms with E-state index in [1.165, 1.54) is 5.57 Å². The molecule has 10 heavy (non-hydrogen) atoms. The monoisotopic (exact) mass is 143 g/mol. The maximum atomic E-state index is 6.50. The topological polar surface area (TPSA) is 23.9 Å². The van der Waals surface area contributed by atoms with Gasteiger partial charge in [0, 0.05) is 5.71 Å². The summed E-state index contributed by atoms with van der Waals surface area (Å²) in [7, 11) is 0. The van der Waals surface area contributed by atoms with E-state index in [2.05, 4.69) is 6.58 Å². The Hall–Kier alpha value is -0.590. The second kappa shape index (κ2) is 15.8. The van der Waals surface area contributed by atoms with Crippen molar-refractivity contribution in [3.8, 4) is 0 Å². The molecule has 0 saturated heterocycles. The van der Waals surface area contributed by atoms with Crippen molar-refractivity contribution < 1.29 is 0 Å². The van der Waals surface area contributed by atoms with Gasteiger partial charge in [0.1, 0.15) is 0 Å². The summed E-state index contributed by atoms with van der Waals surface area (Å²) in [4.78, 5) is 0. The Morgan fingerprint density at radius 3 is 1.00 bits per heavy atom. The predicted molar refractivity (Wildman–Crippen MR) is 50.9 cm³/mol. The first-order valence-corrected chi connectivity index (χ1v) is 3.60. The van der Waals surface area contributed by atoms with Crippen LogP contribution in [0.2, 0.25) is 0 Å². The lowest BCUT2D eigenvalue weighted by Gasteiger charge is -1.65. The second-order valence-electron chi connectivity index (χ2n) is 2.21. The molecule has 1 nitrogen and oxygen atoms in total. The highest BCUT2D eigenvalue weighted by molar-refractivity contribution is 5.75. The van der Waals surface area contributed by atoms with Crippen LogP contribution >= 0.6 is 0 Å². The molecule has 0 heterocycles. The van der Waals surface area contributed by atoms with Crippen LogP contribution in [0.1, 0.15) is 41.5 Å². The Labute approximate surface area is 65.7 Å². The highest BCUT2D eigenvalue weighted by atomic mass is 14.3. The molecule has 1 heteroatoms. The highest BCUT2D eigenvalue weighted by Gasteiger charge is 1.55. The first-order valence-electron chi connectivity index (χ1n) is 3.60. The van der Waals surface area contributed by atoms with Gasteiger partial charge in [0.2, 0.25) is 0 Å². The molecule has 0 fully saturated rings. The van der Waals surface area contributed by atoms with E-state index >= 15 is 0 Å². The van der Waals surface area contributed by atoms with Gasteiger partial charge in [0.25, 0.3) is 0 Å². The molecule has 0 aromatic rings. The molecule has 0 radical (unpaired) electrons. The van der Waals surface area contributed by atoms with E-state index in [1.54, 1.807) is 13.8 Å². The smallest absolute Gasteiger partial charge is 0.00272 e. The summed E-state index contributed by atoms with van der Waals surface area (Å²) in [5.41, 5.74) is 1.83. The number of rotatable bonds is 0. The maximum Gasteiger partial charge on any atom is 0.00272 e. The lowest BCUT2D eigenvalue weighted by molar-refractivity contribution is 1.42. The van der Waals surface area contributed by atoms with Crippen LogP contribution in [-0.4, -0.2) is 5.71 Å². The molecular formula is C9H21N. The van der Waals surface area contributed by atoms with Gasteiger partial charge in [-0.3, -0.25) is 0 Å². The fourth-order valence-electron chi connectivity index (χ4n) is 0. The molecular weight excluding hydrogens is 122 g/mol. The number of hydrogen-bond donors (Lipinski definition) is 1. The van der Waals surface area contributed by atoms with E-state index in [4.69, 9.17) is 5.41 Å². The van der Waals surface area contributed by atoms with Crippen molar-refractivity contribution >= 4 is 5.71 Å². The average Bonchev–Trinajstić information content (AvgIpc) is 1.66. The first-order chi connectivity index (χ1) is 4.46. The molecule has 0 unspecified atom stereocenters. The van der Waals surface area contributed by atoms with Gasteiger partial charge in [0.15, 0.2) is 0 Å². The zero-order valence-corrected chi connectivity index (χ0v) is 8.21. The first kappa shape index (κ1) is 16.2. The summed E-state index contributed by atoms with van der Waals surface area (Å²) in [6.45, 7) is 15.0. The van der Waals surface area contributed by atoms with Gasteiger partial charge in [-0.05, 0) is 27.7 Å². The van der Waals surface area contributed by atoms with E-state index in [0.717, 1.165) is 0 Å². The minimum Gasteiger partial charge on any atom is -0.310 e. The summed E-state index contributed by atoms with van der Waals surface area (Å²) in [6.07, 6.45) is 0. The minimum atomic E-state index is 0.667. The molecule has 0 atom stereocenters. The molecule has 0 aromatic heterocycles. The molecule has 0 bridgehead atoms. The summed E-state index contributed by atoms with van der Waals surface area (Å²) in [5, 5.41) is 6.50. The largest absolute Gasteiger partial charge is 0.310 e. The number of hydrogen-bond acceptors (Lipinski definition) is 1. The molecule has 62 valence electrons. The molecule has 0 aliphatic heterocycles. The lowest BCUT2D eigenvalue weighted by atomic mass is 10.4. The fraction of sp³-hybridized carbons (Fsp3) is 0.667. The maximum absolute atomic E-state index is 6.50. The third-order valence-corrected chi connectivity index (χ3v) is 0. The number of allylic oxidation sites excluding steroid dienone is 1. The van der Waals surface area contributed by atoms with Crippen molar-refractivity contribution in [3.63, 3.8) is 0 Å². The van der Waals surface area contributed by atoms with Gasteiger partial charge in [-0.25, -0.2) is 0 Å². The highest BCUT2D eigenvalue weighted by Crippen LogP contribution is 1.73. The molecule has 1 N–H and O–H groups in total. The normalized spacial score (nSPS) is 5.80. The van der Waals surface area contributed by atoms with E-state index < -0.39 is 0 Å². The summed E-state index contributed by atoms with van der Waals surface area (Å²) in [5.74, 6) is 0. The van der Waals surface area contributed by atoms with Gasteiger partial charge in [0.05, 0.1) is 0 Å². The van der Waals surface area contributed by atoms with E-state index in [9.17, 15) is 0 Å². The van der Waals surface area contributed by atoms with Crippen LogP contribution in [0.5, 0.6) is 0 Å². The Morgan fingerprint density at radius 2 is 1.00 bits per heavy atom. The summed E-state index contributed by atoms with van der Waals surface area (Å²) < 4.78 is 0. The quantitative estimate of drug-likeness (QED) is 0.395. The minimum absolute atomic E-state index is 0.667. The van der Waals surface area contributed by atoms with Crippen molar-refractivity contribution in [3.05, 3.63) is 12.2 Å². The zero-order valence-electron chi connectivity index (χ0n) is 8.21. The number of nitrogens with one attached hydrogen (secondary N) is 1. The predicted octanol–water partition coefficient (Wildman–Crippen LogP) is 3.65. The fourth-order valence-corrected chi connectivity index (χ4v) is 0. The zero-order chi connectivity index (χ0) is 9.15. The average molecular weight is 143 g/mol. The molecule has 0 rings (SSSR count). The van der Waals surface area contributed by atoms with E-state index in [0.29, 0.717) is 5.71 Å². The van der Waals surface area contributed by atoms with Crippen LogP contribution in [0, 0.1) is 5.41 Å². The van der Waals surface area contributed by atoms with Crippen LogP contribution in [0.3, 0.4) is 0 Å². The Kier molecular flexibility index (Phi) is 25.6. The van der Waals surface area contributed by atoms with Crippen LogP contribution < -0.4 is 0 Å². The SMILES string of the molecule is C=C(C)C.CC.CC(C)=N. The van der Waals surface area contributed by atoms with Gasteiger partial charge in [-0.1, -0.05) is 19.4 Å². The standard InChI is InChI=1S/C4H8.C3H7N.C2H6/c1-4(2)3;1-3(2)4;1-2/h1H2,2-3H3;4H,1-2H3;1-2H3. The van der Waals surface area contributed by atoms with Crippen molar-refractivity contribution in [2.24, 2.45) is 0 Å². The van der Waals surface area contributed by atoms with Gasteiger partial charge >= 0.3 is 0 Å². The van der Waals surface area contributed by atoms with Crippen molar-refractivity contribution in [1.82, 2.24) is 0 Å². The summed E-state index contributed by atoms with van der Waals surface area (Å²) >= 11 is 0. The summed E-state index contributed by atoms with van der Waals surface area (Å²) in [6, 6.07) is 0. The molecule has 0 aromatic carbocycles. The second-order valence-corrected chi connectivity index (χ2v) is 2.21. The van der Waals surface area contributed by atoms with Crippen molar-refractivity contribution in [2.75, 3.05) is 0 Å². The van der Waals surface area contributed by atoms with Gasteiger partial charge < -0.3 is 5.41 Å². The van der Waals surface area contributed by atoms with Crippen molar-refractivity contribution in [2.45, 2.75) is 41.5 Å². The molecule has 0 spiro atoms. The molecule has 0 amide bonds. The lowest BCUT2D eigenvalue weighted by Crippen LogP contribution is -1.67. The Morgan fingerprint density at radius 1 is 1.00 bits per heavy atom. The molecule has 0 aliphatic rings. The van der Waals surface area contributed by atoms with Gasteiger partial charge in [-0.15, -0.1) is 6.58 Å². The van der Waals surface area contributed by atoms with E-state index in [-0.39, 0.29) is 0 Å². The Bertz CT molecular complexity index is 62.7. The van der Waals surface area contributed by atoms with Gasteiger partial charge in [-0.2, -0.15) is 0 Å².